The summed E-state index contributed by atoms with van der Waals surface area (Å²) in [4.78, 5) is 11.9. The highest BCUT2D eigenvalue weighted by molar-refractivity contribution is 6.42. The summed E-state index contributed by atoms with van der Waals surface area (Å²) in [5.41, 5.74) is 1.15. The lowest BCUT2D eigenvalue weighted by atomic mass is 10.1. The molecule has 100 valence electrons. The summed E-state index contributed by atoms with van der Waals surface area (Å²) in [7, 11) is 0. The first-order valence-corrected chi connectivity index (χ1v) is 6.61. The minimum absolute atomic E-state index is 0.0684. The SMILES string of the molecule is CC(NC(=O)c1ccoc1Cl)c1ccc(Cl)c(Cl)c1. The molecule has 1 heterocycles. The van der Waals surface area contributed by atoms with Crippen molar-refractivity contribution in [1.82, 2.24) is 5.32 Å². The van der Waals surface area contributed by atoms with E-state index in [1.807, 2.05) is 6.92 Å². The van der Waals surface area contributed by atoms with Crippen molar-refractivity contribution in [2.24, 2.45) is 0 Å². The molecule has 0 spiro atoms. The highest BCUT2D eigenvalue weighted by atomic mass is 35.5. The van der Waals surface area contributed by atoms with Crippen molar-refractivity contribution in [3.63, 3.8) is 0 Å². The van der Waals surface area contributed by atoms with E-state index in [9.17, 15) is 4.79 Å². The van der Waals surface area contributed by atoms with E-state index in [0.717, 1.165) is 5.56 Å². The maximum absolute atomic E-state index is 11.9. The quantitative estimate of drug-likeness (QED) is 0.889. The smallest absolute Gasteiger partial charge is 0.256 e. The Hall–Kier alpha value is -1.16. The van der Waals surface area contributed by atoms with Crippen LogP contribution in [0.15, 0.2) is 34.9 Å². The lowest BCUT2D eigenvalue weighted by molar-refractivity contribution is 0.0939. The molecule has 0 aliphatic heterocycles. The molecule has 2 rings (SSSR count). The van der Waals surface area contributed by atoms with Crippen LogP contribution in [0.3, 0.4) is 0 Å². The third-order valence-corrected chi connectivity index (χ3v) is 3.69. The van der Waals surface area contributed by atoms with E-state index in [1.54, 1.807) is 18.2 Å². The predicted molar refractivity (Wildman–Crippen MR) is 76.1 cm³/mol. The first kappa shape index (κ1) is 14.3. The lowest BCUT2D eigenvalue weighted by Crippen LogP contribution is -2.26. The van der Waals surface area contributed by atoms with Crippen molar-refractivity contribution in [3.05, 3.63) is 56.9 Å². The fourth-order valence-corrected chi connectivity index (χ4v) is 2.10. The summed E-state index contributed by atoms with van der Waals surface area (Å²) in [6.07, 6.45) is 1.36. The summed E-state index contributed by atoms with van der Waals surface area (Å²) in [6, 6.07) is 6.49. The van der Waals surface area contributed by atoms with Crippen LogP contribution < -0.4 is 5.32 Å². The normalized spacial score (nSPS) is 12.2. The zero-order chi connectivity index (χ0) is 14.0. The molecule has 1 aromatic heterocycles. The molecule has 0 fully saturated rings. The average Bonchev–Trinajstić information content (AvgIpc) is 2.79. The van der Waals surface area contributed by atoms with Crippen LogP contribution in [0.2, 0.25) is 15.3 Å². The highest BCUT2D eigenvalue weighted by Gasteiger charge is 2.16. The maximum atomic E-state index is 11.9. The van der Waals surface area contributed by atoms with Gasteiger partial charge in [0.1, 0.15) is 0 Å². The van der Waals surface area contributed by atoms with Crippen LogP contribution in [0.5, 0.6) is 0 Å². The Morgan fingerprint density at radius 1 is 1.21 bits per heavy atom. The Morgan fingerprint density at radius 2 is 1.95 bits per heavy atom. The molecule has 0 aliphatic carbocycles. The number of hydrogen-bond acceptors (Lipinski definition) is 2. The maximum Gasteiger partial charge on any atom is 0.256 e. The first-order chi connectivity index (χ1) is 8.99. The third-order valence-electron chi connectivity index (χ3n) is 2.65. The van der Waals surface area contributed by atoms with Crippen molar-refractivity contribution in [1.29, 1.82) is 0 Å². The number of rotatable bonds is 3. The van der Waals surface area contributed by atoms with Gasteiger partial charge >= 0.3 is 0 Å². The van der Waals surface area contributed by atoms with Gasteiger partial charge in [0.05, 0.1) is 27.9 Å². The number of carbonyl (C=O) groups is 1. The van der Waals surface area contributed by atoms with E-state index >= 15 is 0 Å². The van der Waals surface area contributed by atoms with Gasteiger partial charge in [-0.3, -0.25) is 4.79 Å². The summed E-state index contributed by atoms with van der Waals surface area (Å²) >= 11 is 17.5. The zero-order valence-electron chi connectivity index (χ0n) is 9.91. The molecule has 1 atom stereocenters. The second-order valence-corrected chi connectivity index (χ2v) is 5.13. The van der Waals surface area contributed by atoms with Crippen molar-refractivity contribution in [3.8, 4) is 0 Å². The number of hydrogen-bond donors (Lipinski definition) is 1. The number of benzene rings is 1. The second kappa shape index (κ2) is 5.87. The minimum atomic E-state index is -0.308. The standard InChI is InChI=1S/C13H10Cl3NO2/c1-7(8-2-3-10(14)11(15)6-8)17-13(18)9-4-5-19-12(9)16/h2-7H,1H3,(H,17,18). The molecular weight excluding hydrogens is 309 g/mol. The van der Waals surface area contributed by atoms with Gasteiger partial charge in [0.25, 0.3) is 5.91 Å². The van der Waals surface area contributed by atoms with Crippen LogP contribution in [-0.4, -0.2) is 5.91 Å². The van der Waals surface area contributed by atoms with Gasteiger partial charge in [0.2, 0.25) is 5.22 Å². The van der Waals surface area contributed by atoms with Crippen molar-refractivity contribution >= 4 is 40.7 Å². The van der Waals surface area contributed by atoms with E-state index in [4.69, 9.17) is 39.2 Å². The molecule has 0 aliphatic rings. The van der Waals surface area contributed by atoms with Gasteiger partial charge in [-0.05, 0) is 42.3 Å². The summed E-state index contributed by atoms with van der Waals surface area (Å²) < 4.78 is 4.87. The second-order valence-electron chi connectivity index (χ2n) is 3.98. The fraction of sp³-hybridized carbons (Fsp3) is 0.154. The summed E-state index contributed by atoms with van der Waals surface area (Å²) in [5, 5.41) is 3.79. The van der Waals surface area contributed by atoms with Gasteiger partial charge in [0.15, 0.2) is 0 Å². The van der Waals surface area contributed by atoms with Gasteiger partial charge in [-0.15, -0.1) is 0 Å². The Morgan fingerprint density at radius 3 is 2.53 bits per heavy atom. The van der Waals surface area contributed by atoms with Gasteiger partial charge in [-0.1, -0.05) is 29.3 Å². The van der Waals surface area contributed by atoms with Crippen molar-refractivity contribution in [2.45, 2.75) is 13.0 Å². The van der Waals surface area contributed by atoms with Gasteiger partial charge in [-0.2, -0.15) is 0 Å². The van der Waals surface area contributed by atoms with Crippen molar-refractivity contribution < 1.29 is 9.21 Å². The molecule has 1 unspecified atom stereocenters. The largest absolute Gasteiger partial charge is 0.452 e. The van der Waals surface area contributed by atoms with Gasteiger partial charge in [-0.25, -0.2) is 0 Å². The van der Waals surface area contributed by atoms with E-state index in [-0.39, 0.29) is 17.2 Å². The highest BCUT2D eigenvalue weighted by Crippen LogP contribution is 2.26. The number of carbonyl (C=O) groups excluding carboxylic acids is 1. The molecule has 19 heavy (non-hydrogen) atoms. The molecule has 1 N–H and O–H groups in total. The fourth-order valence-electron chi connectivity index (χ4n) is 1.60. The molecule has 6 heteroatoms. The molecule has 0 radical (unpaired) electrons. The Bertz CT molecular complexity index is 610. The molecular formula is C13H10Cl3NO2. The van der Waals surface area contributed by atoms with E-state index < -0.39 is 0 Å². The van der Waals surface area contributed by atoms with Gasteiger partial charge < -0.3 is 9.73 Å². The van der Waals surface area contributed by atoms with E-state index in [0.29, 0.717) is 15.6 Å². The molecule has 2 aromatic rings. The molecule has 1 aromatic carbocycles. The monoisotopic (exact) mass is 317 g/mol. The number of amides is 1. The van der Waals surface area contributed by atoms with E-state index in [2.05, 4.69) is 5.32 Å². The zero-order valence-corrected chi connectivity index (χ0v) is 12.2. The molecule has 0 saturated carbocycles. The van der Waals surface area contributed by atoms with Crippen molar-refractivity contribution in [2.75, 3.05) is 0 Å². The molecule has 3 nitrogen and oxygen atoms in total. The van der Waals surface area contributed by atoms with Crippen LogP contribution >= 0.6 is 34.8 Å². The molecule has 1 amide bonds. The van der Waals surface area contributed by atoms with Crippen LogP contribution in [0.1, 0.15) is 28.9 Å². The first-order valence-electron chi connectivity index (χ1n) is 5.48. The van der Waals surface area contributed by atoms with Crippen LogP contribution in [0.4, 0.5) is 0 Å². The summed E-state index contributed by atoms with van der Waals surface area (Å²) in [5.74, 6) is -0.308. The number of furan rings is 1. The van der Waals surface area contributed by atoms with Crippen LogP contribution in [0.25, 0.3) is 0 Å². The van der Waals surface area contributed by atoms with Crippen LogP contribution in [-0.2, 0) is 0 Å². The van der Waals surface area contributed by atoms with Gasteiger partial charge in [0, 0.05) is 0 Å². The third kappa shape index (κ3) is 3.24. The average molecular weight is 319 g/mol. The number of halogens is 3. The summed E-state index contributed by atoms with van der Waals surface area (Å²) in [6.45, 7) is 1.84. The van der Waals surface area contributed by atoms with E-state index in [1.165, 1.54) is 12.3 Å². The lowest BCUT2D eigenvalue weighted by Gasteiger charge is -2.14. The predicted octanol–water partition coefficient (Wildman–Crippen LogP) is 4.73. The molecule has 0 bridgehead atoms. The Balaban J connectivity index is 2.13. The molecule has 0 saturated heterocycles. The Labute approximate surface area is 125 Å². The van der Waals surface area contributed by atoms with Crippen LogP contribution in [0, 0.1) is 0 Å². The number of nitrogens with one attached hydrogen (secondary N) is 1. The Kier molecular flexibility index (Phi) is 4.40. The topological polar surface area (TPSA) is 42.2 Å². The minimum Gasteiger partial charge on any atom is -0.452 e.